The number of hydrogen-bond donors (Lipinski definition) is 0. The molecule has 2 aliphatic heterocycles. The zero-order chi connectivity index (χ0) is 22.8. The Morgan fingerprint density at radius 1 is 1.13 bits per heavy atom. The minimum absolute atomic E-state index is 0.0960. The van der Waals surface area contributed by atoms with Gasteiger partial charge in [-0.2, -0.15) is 0 Å². The van der Waals surface area contributed by atoms with Gasteiger partial charge in [0, 0.05) is 24.9 Å². The van der Waals surface area contributed by atoms with Crippen LogP contribution in [-0.2, 0) is 20.0 Å². The van der Waals surface area contributed by atoms with Crippen molar-refractivity contribution in [2.75, 3.05) is 14.2 Å². The number of piperidine rings is 1. The van der Waals surface area contributed by atoms with E-state index in [2.05, 4.69) is 20.8 Å². The third-order valence-corrected chi connectivity index (χ3v) is 8.71. The number of methoxy groups -OCH3 is 1. The first kappa shape index (κ1) is 21.7. The third-order valence-electron chi connectivity index (χ3n) is 6.58. The predicted molar refractivity (Wildman–Crippen MR) is 118 cm³/mol. The summed E-state index contributed by atoms with van der Waals surface area (Å²) in [5.41, 5.74) is 0.734. The average molecular weight is 444 g/mol. The van der Waals surface area contributed by atoms with Crippen LogP contribution in [0.3, 0.4) is 0 Å². The summed E-state index contributed by atoms with van der Waals surface area (Å²) < 4.78 is 39.0. The number of likely N-dealkylation sites (tertiary alicyclic amines) is 1. The molecule has 1 fully saturated rings. The van der Waals surface area contributed by atoms with E-state index in [0.29, 0.717) is 23.5 Å². The first-order valence-corrected chi connectivity index (χ1v) is 11.9. The van der Waals surface area contributed by atoms with E-state index in [-0.39, 0.29) is 10.3 Å². The van der Waals surface area contributed by atoms with Crippen molar-refractivity contribution >= 4 is 15.7 Å². The molecule has 4 rings (SSSR count). The van der Waals surface area contributed by atoms with Crippen molar-refractivity contribution in [1.29, 1.82) is 0 Å². The van der Waals surface area contributed by atoms with Crippen LogP contribution in [0, 0.1) is 0 Å². The van der Waals surface area contributed by atoms with Crippen molar-refractivity contribution in [2.45, 2.75) is 61.3 Å². The van der Waals surface area contributed by atoms with Crippen molar-refractivity contribution in [1.82, 2.24) is 4.90 Å². The van der Waals surface area contributed by atoms with Crippen molar-refractivity contribution in [3.05, 3.63) is 53.6 Å². The minimum atomic E-state index is -3.93. The zero-order valence-corrected chi connectivity index (χ0v) is 19.6. The highest BCUT2D eigenvalue weighted by Gasteiger charge is 2.57. The Balaban J connectivity index is 1.84. The molecule has 0 saturated carbocycles. The van der Waals surface area contributed by atoms with Crippen molar-refractivity contribution < 1.29 is 22.7 Å². The molecule has 166 valence electrons. The van der Waals surface area contributed by atoms with Crippen LogP contribution >= 0.6 is 0 Å². The van der Waals surface area contributed by atoms with Gasteiger partial charge in [0.1, 0.15) is 11.5 Å². The minimum Gasteiger partial charge on any atom is -0.497 e. The molecule has 0 aromatic heterocycles. The molecular weight excluding hydrogens is 414 g/mol. The summed E-state index contributed by atoms with van der Waals surface area (Å²) in [4.78, 5) is 15.0. The molecule has 2 heterocycles. The smallest absolute Gasteiger partial charge is 0.244 e. The highest BCUT2D eigenvalue weighted by atomic mass is 32.2. The van der Waals surface area contributed by atoms with E-state index in [9.17, 15) is 13.2 Å². The highest BCUT2D eigenvalue weighted by molar-refractivity contribution is 7.92. The molecule has 1 amide bonds. The maximum atomic E-state index is 13.8. The van der Waals surface area contributed by atoms with E-state index in [1.807, 2.05) is 19.1 Å². The molecule has 0 aliphatic carbocycles. The van der Waals surface area contributed by atoms with Gasteiger partial charge in [0.2, 0.25) is 5.91 Å². The second-order valence-electron chi connectivity index (χ2n) is 9.63. The molecule has 0 spiro atoms. The topological polar surface area (TPSA) is 72.9 Å². The van der Waals surface area contributed by atoms with Gasteiger partial charge in [0.25, 0.3) is 0 Å². The summed E-state index contributed by atoms with van der Waals surface area (Å²) in [6.45, 7) is 8.04. The zero-order valence-electron chi connectivity index (χ0n) is 18.8. The quantitative estimate of drug-likeness (QED) is 0.720. The van der Waals surface area contributed by atoms with Gasteiger partial charge in [-0.25, -0.2) is 8.42 Å². The molecule has 7 heteroatoms. The number of nitrogens with zero attached hydrogens (tertiary/aromatic N) is 1. The number of carbonyl (C=O) groups is 1. The van der Waals surface area contributed by atoms with Crippen LogP contribution in [0.1, 0.15) is 51.2 Å². The maximum Gasteiger partial charge on any atom is 0.244 e. The lowest BCUT2D eigenvalue weighted by Crippen LogP contribution is -2.64. The van der Waals surface area contributed by atoms with Gasteiger partial charge in [0.15, 0.2) is 20.8 Å². The van der Waals surface area contributed by atoms with Crippen LogP contribution in [-0.4, -0.2) is 44.4 Å². The van der Waals surface area contributed by atoms with E-state index in [1.54, 1.807) is 44.5 Å². The lowest BCUT2D eigenvalue weighted by Gasteiger charge is -2.51. The number of fused-ring (bicyclic) bond motifs is 4. The van der Waals surface area contributed by atoms with Crippen molar-refractivity contribution in [2.24, 2.45) is 0 Å². The fourth-order valence-electron chi connectivity index (χ4n) is 4.54. The Hall–Kier alpha value is -2.54. The molecule has 1 saturated heterocycles. The summed E-state index contributed by atoms with van der Waals surface area (Å²) in [7, 11) is -0.769. The van der Waals surface area contributed by atoms with E-state index < -0.39 is 32.6 Å². The molecule has 0 N–H and O–H groups in total. The lowest BCUT2D eigenvalue weighted by atomic mass is 9.80. The first-order valence-electron chi connectivity index (χ1n) is 10.4. The molecule has 31 heavy (non-hydrogen) atoms. The molecule has 2 aromatic rings. The standard InChI is InChI=1S/C24H29NO5S/c1-23(2,3)15-7-10-17(11-8-15)31(27,28)21-19-14-24(4,25(5)22(21)26)30-20-12-9-16(29-6)13-18(19)20/h7-13,19,21H,14H2,1-6H3/t19-,21+,24+/m1/s1. The van der Waals surface area contributed by atoms with Crippen LogP contribution in [0.25, 0.3) is 0 Å². The Kier molecular flexibility index (Phi) is 4.89. The Morgan fingerprint density at radius 2 is 1.77 bits per heavy atom. The van der Waals surface area contributed by atoms with E-state index in [0.717, 1.165) is 5.56 Å². The van der Waals surface area contributed by atoms with Crippen LogP contribution in [0.2, 0.25) is 0 Å². The van der Waals surface area contributed by atoms with Gasteiger partial charge in [-0.15, -0.1) is 0 Å². The van der Waals surface area contributed by atoms with Crippen molar-refractivity contribution in [3.8, 4) is 11.5 Å². The van der Waals surface area contributed by atoms with Crippen LogP contribution < -0.4 is 9.47 Å². The molecular formula is C24H29NO5S. The highest BCUT2D eigenvalue weighted by Crippen LogP contribution is 2.50. The number of ether oxygens (including phenoxy) is 2. The molecule has 2 bridgehead atoms. The second-order valence-corrected chi connectivity index (χ2v) is 11.7. The Morgan fingerprint density at radius 3 is 2.35 bits per heavy atom. The monoisotopic (exact) mass is 443 g/mol. The molecule has 2 aliphatic rings. The van der Waals surface area contributed by atoms with Crippen molar-refractivity contribution in [3.63, 3.8) is 0 Å². The first-order chi connectivity index (χ1) is 14.4. The summed E-state index contributed by atoms with van der Waals surface area (Å²) >= 11 is 0. The van der Waals surface area contributed by atoms with Gasteiger partial charge in [-0.1, -0.05) is 32.9 Å². The fraction of sp³-hybridized carbons (Fsp3) is 0.458. The largest absolute Gasteiger partial charge is 0.497 e. The van der Waals surface area contributed by atoms with Crippen LogP contribution in [0.15, 0.2) is 47.4 Å². The Labute approximate surface area is 184 Å². The molecule has 6 nitrogen and oxygen atoms in total. The molecule has 3 atom stereocenters. The van der Waals surface area contributed by atoms with Gasteiger partial charge in [-0.3, -0.25) is 4.79 Å². The molecule has 0 unspecified atom stereocenters. The lowest BCUT2D eigenvalue weighted by molar-refractivity contribution is -0.159. The van der Waals surface area contributed by atoms with E-state index >= 15 is 0 Å². The maximum absolute atomic E-state index is 13.8. The molecule has 0 radical (unpaired) electrons. The SMILES string of the molecule is COc1ccc2c(c1)[C@H]1C[C@](C)(O2)N(C)C(=O)[C@H]1S(=O)(=O)c1ccc(C(C)(C)C)cc1. The number of amides is 1. The third kappa shape index (κ3) is 3.39. The number of benzene rings is 2. The van der Waals surface area contributed by atoms with Crippen LogP contribution in [0.4, 0.5) is 0 Å². The van der Waals surface area contributed by atoms with Gasteiger partial charge in [-0.05, 0) is 48.2 Å². The average Bonchev–Trinajstić information content (AvgIpc) is 2.71. The number of sulfone groups is 1. The summed E-state index contributed by atoms with van der Waals surface area (Å²) in [5.74, 6) is 0.206. The van der Waals surface area contributed by atoms with E-state index in [4.69, 9.17) is 9.47 Å². The summed E-state index contributed by atoms with van der Waals surface area (Å²) in [5, 5.41) is -1.22. The summed E-state index contributed by atoms with van der Waals surface area (Å²) in [6, 6.07) is 12.2. The van der Waals surface area contributed by atoms with E-state index in [1.165, 1.54) is 4.90 Å². The molecule has 2 aromatic carbocycles. The fourth-order valence-corrected chi connectivity index (χ4v) is 6.45. The number of carbonyl (C=O) groups excluding carboxylic acids is 1. The summed E-state index contributed by atoms with van der Waals surface area (Å²) in [6.07, 6.45) is 0.388. The number of rotatable bonds is 3. The van der Waals surface area contributed by atoms with Gasteiger partial charge < -0.3 is 14.4 Å². The number of hydrogen-bond acceptors (Lipinski definition) is 5. The Bertz CT molecular complexity index is 1130. The van der Waals surface area contributed by atoms with Gasteiger partial charge >= 0.3 is 0 Å². The predicted octanol–water partition coefficient (Wildman–Crippen LogP) is 3.89. The normalized spacial score (nSPS) is 25.6. The second kappa shape index (κ2) is 6.99. The van der Waals surface area contributed by atoms with Crippen LogP contribution in [0.5, 0.6) is 11.5 Å². The van der Waals surface area contributed by atoms with Gasteiger partial charge in [0.05, 0.1) is 12.0 Å².